The van der Waals surface area contributed by atoms with E-state index in [1.54, 1.807) is 0 Å². The number of hydrogen-bond acceptors (Lipinski definition) is 4. The van der Waals surface area contributed by atoms with Crippen molar-refractivity contribution in [1.82, 2.24) is 5.32 Å². The van der Waals surface area contributed by atoms with Gasteiger partial charge in [0, 0.05) is 6.61 Å². The monoisotopic (exact) mass is 162 g/mol. The third-order valence-electron chi connectivity index (χ3n) is 1.73. The number of nitrogens with two attached hydrogens (primary N) is 1. The predicted molar refractivity (Wildman–Crippen MR) is 44.0 cm³/mol. The maximum atomic E-state index is 8.83. The van der Waals surface area contributed by atoms with E-state index >= 15 is 0 Å². The first-order valence-electron chi connectivity index (χ1n) is 3.94. The van der Waals surface area contributed by atoms with Gasteiger partial charge in [0.15, 0.2) is 0 Å². The topological polar surface area (TPSA) is 78.5 Å². The molecule has 4 nitrogen and oxygen atoms in total. The molecule has 68 valence electrons. The van der Waals surface area contributed by atoms with Crippen LogP contribution < -0.4 is 11.1 Å². The lowest BCUT2D eigenvalue weighted by Crippen LogP contribution is -2.56. The third-order valence-corrected chi connectivity index (χ3v) is 1.73. The van der Waals surface area contributed by atoms with E-state index in [0.29, 0.717) is 19.4 Å². The summed E-state index contributed by atoms with van der Waals surface area (Å²) in [6.45, 7) is 2.62. The van der Waals surface area contributed by atoms with Crippen molar-refractivity contribution in [3.63, 3.8) is 0 Å². The zero-order valence-corrected chi connectivity index (χ0v) is 7.01. The molecule has 0 bridgehead atoms. The number of rotatable bonds is 6. The Morgan fingerprint density at radius 1 is 1.45 bits per heavy atom. The van der Waals surface area contributed by atoms with Crippen LogP contribution >= 0.6 is 0 Å². The number of hydrogen-bond donors (Lipinski definition) is 4. The summed E-state index contributed by atoms with van der Waals surface area (Å²) in [4.78, 5) is 0. The zero-order valence-electron chi connectivity index (χ0n) is 7.01. The quantitative estimate of drug-likeness (QED) is 0.299. The lowest BCUT2D eigenvalue weighted by atomic mass is 10.1. The predicted octanol–water partition coefficient (Wildman–Crippen LogP) is -0.984. The van der Waals surface area contributed by atoms with E-state index in [4.69, 9.17) is 15.9 Å². The molecule has 0 aromatic rings. The van der Waals surface area contributed by atoms with Crippen molar-refractivity contribution in [1.29, 1.82) is 0 Å². The van der Waals surface area contributed by atoms with Crippen LogP contribution in [0.15, 0.2) is 0 Å². The van der Waals surface area contributed by atoms with Gasteiger partial charge in [-0.3, -0.25) is 5.32 Å². The van der Waals surface area contributed by atoms with Gasteiger partial charge in [-0.1, -0.05) is 6.92 Å². The van der Waals surface area contributed by atoms with Crippen molar-refractivity contribution in [2.24, 2.45) is 5.73 Å². The second-order valence-electron chi connectivity index (χ2n) is 2.67. The van der Waals surface area contributed by atoms with E-state index in [9.17, 15) is 0 Å². The fourth-order valence-corrected chi connectivity index (χ4v) is 0.709. The summed E-state index contributed by atoms with van der Waals surface area (Å²) in [7, 11) is 0. The molecule has 0 aromatic heterocycles. The smallest absolute Gasteiger partial charge is 0.0896 e. The van der Waals surface area contributed by atoms with Crippen molar-refractivity contribution in [2.75, 3.05) is 19.8 Å². The molecule has 0 aliphatic rings. The van der Waals surface area contributed by atoms with Gasteiger partial charge in [0.2, 0.25) is 0 Å². The maximum Gasteiger partial charge on any atom is 0.0896 e. The van der Waals surface area contributed by atoms with Crippen molar-refractivity contribution in [3.8, 4) is 0 Å². The summed E-state index contributed by atoms with van der Waals surface area (Å²) in [5.74, 6) is 0. The zero-order chi connectivity index (χ0) is 8.74. The fourth-order valence-electron chi connectivity index (χ4n) is 0.709. The molecule has 5 N–H and O–H groups in total. The summed E-state index contributed by atoms with van der Waals surface area (Å²) in [5.41, 5.74) is 5.02. The largest absolute Gasteiger partial charge is 0.396 e. The molecule has 0 radical (unpaired) electrons. The third kappa shape index (κ3) is 4.31. The summed E-state index contributed by atoms with van der Waals surface area (Å²) in [5, 5.41) is 20.3. The van der Waals surface area contributed by atoms with Gasteiger partial charge in [0.1, 0.15) is 0 Å². The summed E-state index contributed by atoms with van der Waals surface area (Å²) >= 11 is 0. The van der Waals surface area contributed by atoms with E-state index in [1.807, 2.05) is 6.92 Å². The average Bonchev–Trinajstić information content (AvgIpc) is 2.05. The summed E-state index contributed by atoms with van der Waals surface area (Å²) in [6, 6.07) is 0. The molecule has 0 saturated heterocycles. The van der Waals surface area contributed by atoms with Crippen LogP contribution in [-0.2, 0) is 0 Å². The van der Waals surface area contributed by atoms with Gasteiger partial charge in [-0.25, -0.2) is 0 Å². The van der Waals surface area contributed by atoms with Gasteiger partial charge in [0.05, 0.1) is 12.3 Å². The molecular formula is C7H18N2O2. The highest BCUT2D eigenvalue weighted by atomic mass is 16.3. The van der Waals surface area contributed by atoms with Gasteiger partial charge in [-0.15, -0.1) is 0 Å². The molecule has 0 aliphatic heterocycles. The van der Waals surface area contributed by atoms with E-state index in [2.05, 4.69) is 5.32 Å². The first kappa shape index (κ1) is 10.8. The molecule has 0 amide bonds. The highest BCUT2D eigenvalue weighted by Crippen LogP contribution is 1.99. The van der Waals surface area contributed by atoms with Crippen LogP contribution in [0.5, 0.6) is 0 Å². The van der Waals surface area contributed by atoms with Crippen LogP contribution in [0.4, 0.5) is 0 Å². The molecule has 0 aromatic carbocycles. The lowest BCUT2D eigenvalue weighted by molar-refractivity contribution is 0.157. The number of nitrogens with one attached hydrogen (secondary N) is 1. The fraction of sp³-hybridized carbons (Fsp3) is 1.00. The Hall–Kier alpha value is -0.160. The normalized spacial score (nSPS) is 16.4. The number of aliphatic hydroxyl groups is 2. The highest BCUT2D eigenvalue weighted by Gasteiger charge is 2.19. The molecule has 0 rings (SSSR count). The Kier molecular flexibility index (Phi) is 5.41. The van der Waals surface area contributed by atoms with E-state index in [1.165, 1.54) is 0 Å². The Balaban J connectivity index is 3.51. The maximum absolute atomic E-state index is 8.83. The second-order valence-corrected chi connectivity index (χ2v) is 2.67. The van der Waals surface area contributed by atoms with Gasteiger partial charge in [-0.05, 0) is 19.4 Å². The Labute approximate surface area is 67.4 Å². The lowest BCUT2D eigenvalue weighted by Gasteiger charge is -2.26. The standard InChI is InChI=1S/C7H18N2O2/c1-2-7(8,6-11)9-4-3-5-10/h9-11H,2-6,8H2,1H3/t7-/m1/s1. The molecule has 4 heteroatoms. The first-order valence-corrected chi connectivity index (χ1v) is 3.94. The second kappa shape index (κ2) is 5.49. The van der Waals surface area contributed by atoms with Gasteiger partial charge in [-0.2, -0.15) is 0 Å². The molecule has 0 aliphatic carbocycles. The van der Waals surface area contributed by atoms with Gasteiger partial charge < -0.3 is 15.9 Å². The molecule has 0 heterocycles. The van der Waals surface area contributed by atoms with E-state index in [-0.39, 0.29) is 13.2 Å². The van der Waals surface area contributed by atoms with Gasteiger partial charge in [0.25, 0.3) is 0 Å². The molecule has 1 atom stereocenters. The first-order chi connectivity index (χ1) is 5.18. The Morgan fingerprint density at radius 2 is 2.09 bits per heavy atom. The Bertz CT molecular complexity index is 94.4. The molecule has 11 heavy (non-hydrogen) atoms. The summed E-state index contributed by atoms with van der Waals surface area (Å²) in [6.07, 6.45) is 1.34. The van der Waals surface area contributed by atoms with Crippen LogP contribution in [0.1, 0.15) is 19.8 Å². The minimum absolute atomic E-state index is 0.0745. The van der Waals surface area contributed by atoms with Crippen LogP contribution in [0.2, 0.25) is 0 Å². The number of aliphatic hydroxyl groups excluding tert-OH is 2. The Morgan fingerprint density at radius 3 is 2.45 bits per heavy atom. The minimum atomic E-state index is -0.671. The summed E-state index contributed by atoms with van der Waals surface area (Å²) < 4.78 is 0. The van der Waals surface area contributed by atoms with Crippen molar-refractivity contribution < 1.29 is 10.2 Å². The van der Waals surface area contributed by atoms with E-state index in [0.717, 1.165) is 0 Å². The molecular weight excluding hydrogens is 144 g/mol. The van der Waals surface area contributed by atoms with Crippen molar-refractivity contribution in [3.05, 3.63) is 0 Å². The highest BCUT2D eigenvalue weighted by molar-refractivity contribution is 4.77. The molecule has 0 fully saturated rings. The van der Waals surface area contributed by atoms with Crippen LogP contribution in [0, 0.1) is 0 Å². The van der Waals surface area contributed by atoms with Crippen LogP contribution in [-0.4, -0.2) is 35.6 Å². The van der Waals surface area contributed by atoms with Crippen molar-refractivity contribution in [2.45, 2.75) is 25.4 Å². The minimum Gasteiger partial charge on any atom is -0.396 e. The van der Waals surface area contributed by atoms with Crippen LogP contribution in [0.25, 0.3) is 0 Å². The SMILES string of the molecule is CC[C@](N)(CO)NCCCO. The van der Waals surface area contributed by atoms with E-state index < -0.39 is 5.66 Å². The van der Waals surface area contributed by atoms with Gasteiger partial charge >= 0.3 is 0 Å². The van der Waals surface area contributed by atoms with Crippen LogP contribution in [0.3, 0.4) is 0 Å². The molecule has 0 saturated carbocycles. The molecule has 0 unspecified atom stereocenters. The average molecular weight is 162 g/mol. The van der Waals surface area contributed by atoms with Crippen molar-refractivity contribution >= 4 is 0 Å². The molecule has 0 spiro atoms.